The minimum Gasteiger partial charge on any atom is -0.494 e. The van der Waals surface area contributed by atoms with Crippen LogP contribution in [0.25, 0.3) is 0 Å². The van der Waals surface area contributed by atoms with Gasteiger partial charge in [-0.25, -0.2) is 0 Å². The minimum atomic E-state index is -0.343. The van der Waals surface area contributed by atoms with Crippen LogP contribution in [-0.2, 0) is 4.79 Å². The molecule has 0 fully saturated rings. The van der Waals surface area contributed by atoms with Crippen LogP contribution in [0.1, 0.15) is 45.6 Å². The van der Waals surface area contributed by atoms with E-state index in [1.807, 2.05) is 26.0 Å². The van der Waals surface area contributed by atoms with E-state index in [0.29, 0.717) is 18.9 Å². The Morgan fingerprint density at radius 3 is 2.25 bits per heavy atom. The minimum absolute atomic E-state index is 0.220. The molecule has 3 N–H and O–H groups in total. The molecular formula is C16H26N2O2. The lowest BCUT2D eigenvalue weighted by Crippen LogP contribution is -2.45. The van der Waals surface area contributed by atoms with E-state index in [4.69, 9.17) is 10.5 Å². The first-order valence-corrected chi connectivity index (χ1v) is 7.18. The molecule has 4 heteroatoms. The normalized spacial score (nSPS) is 12.7. The fourth-order valence-electron chi connectivity index (χ4n) is 1.95. The molecule has 1 amide bonds. The Hall–Kier alpha value is -1.55. The van der Waals surface area contributed by atoms with E-state index in [9.17, 15) is 4.79 Å². The smallest absolute Gasteiger partial charge is 0.234 e. The van der Waals surface area contributed by atoms with Crippen LogP contribution in [-0.4, -0.2) is 24.6 Å². The highest BCUT2D eigenvalue weighted by atomic mass is 16.5. The molecule has 0 aliphatic rings. The second-order valence-electron chi connectivity index (χ2n) is 5.64. The molecule has 1 rings (SSSR count). The van der Waals surface area contributed by atoms with Gasteiger partial charge in [-0.1, -0.05) is 39.8 Å². The molecular weight excluding hydrogens is 252 g/mol. The Morgan fingerprint density at radius 1 is 1.20 bits per heavy atom. The van der Waals surface area contributed by atoms with Crippen molar-refractivity contribution in [1.82, 2.24) is 5.32 Å². The largest absolute Gasteiger partial charge is 0.494 e. The van der Waals surface area contributed by atoms with E-state index in [1.165, 1.54) is 5.56 Å². The summed E-state index contributed by atoms with van der Waals surface area (Å²) < 4.78 is 5.66. The molecule has 0 saturated carbocycles. The molecule has 1 atom stereocenters. The summed E-state index contributed by atoms with van der Waals surface area (Å²) in [6.07, 6.45) is 0.569. The second-order valence-corrected chi connectivity index (χ2v) is 5.64. The van der Waals surface area contributed by atoms with Crippen molar-refractivity contribution in [2.45, 2.75) is 52.1 Å². The lowest BCUT2D eigenvalue weighted by molar-refractivity contribution is -0.120. The van der Waals surface area contributed by atoms with Crippen LogP contribution >= 0.6 is 0 Å². The fourth-order valence-corrected chi connectivity index (χ4v) is 1.95. The zero-order valence-corrected chi connectivity index (χ0v) is 12.8. The van der Waals surface area contributed by atoms with Crippen LogP contribution in [0.5, 0.6) is 5.75 Å². The number of hydrogen-bond donors (Lipinski definition) is 2. The maximum Gasteiger partial charge on any atom is 0.234 e. The number of amides is 1. The summed E-state index contributed by atoms with van der Waals surface area (Å²) >= 11 is 0. The Morgan fingerprint density at radius 2 is 1.80 bits per heavy atom. The number of benzene rings is 1. The van der Waals surface area contributed by atoms with E-state index in [2.05, 4.69) is 31.3 Å². The van der Waals surface area contributed by atoms with Gasteiger partial charge < -0.3 is 15.8 Å². The Kier molecular flexibility index (Phi) is 6.52. The van der Waals surface area contributed by atoms with Gasteiger partial charge >= 0.3 is 0 Å². The van der Waals surface area contributed by atoms with E-state index >= 15 is 0 Å². The van der Waals surface area contributed by atoms with Gasteiger partial charge in [0.05, 0.1) is 12.6 Å². The van der Waals surface area contributed by atoms with Crippen molar-refractivity contribution in [2.75, 3.05) is 6.61 Å². The third-order valence-electron chi connectivity index (χ3n) is 3.10. The third kappa shape index (κ3) is 5.61. The Labute approximate surface area is 121 Å². The van der Waals surface area contributed by atoms with Crippen LogP contribution in [0.2, 0.25) is 0 Å². The predicted molar refractivity (Wildman–Crippen MR) is 81.9 cm³/mol. The Balaban J connectivity index is 2.44. The number of rotatable bonds is 8. The molecule has 1 aromatic carbocycles. The van der Waals surface area contributed by atoms with E-state index in [0.717, 1.165) is 5.75 Å². The van der Waals surface area contributed by atoms with Gasteiger partial charge in [-0.2, -0.15) is 0 Å². The van der Waals surface area contributed by atoms with Crippen molar-refractivity contribution < 1.29 is 9.53 Å². The maximum atomic E-state index is 11.3. The van der Waals surface area contributed by atoms with Gasteiger partial charge in [0, 0.05) is 12.5 Å². The third-order valence-corrected chi connectivity index (χ3v) is 3.10. The first-order valence-electron chi connectivity index (χ1n) is 7.18. The van der Waals surface area contributed by atoms with Crippen molar-refractivity contribution in [3.05, 3.63) is 29.8 Å². The van der Waals surface area contributed by atoms with Gasteiger partial charge in [-0.3, -0.25) is 4.79 Å². The summed E-state index contributed by atoms with van der Waals surface area (Å²) in [7, 11) is 0. The van der Waals surface area contributed by atoms with Gasteiger partial charge in [0.25, 0.3) is 0 Å². The van der Waals surface area contributed by atoms with Gasteiger partial charge in [0.1, 0.15) is 5.75 Å². The summed E-state index contributed by atoms with van der Waals surface area (Å²) in [5, 5.41) is 3.14. The monoisotopic (exact) mass is 278 g/mol. The lowest BCUT2D eigenvalue weighted by Gasteiger charge is -2.18. The average Bonchev–Trinajstić information content (AvgIpc) is 2.37. The van der Waals surface area contributed by atoms with Gasteiger partial charge in [-0.15, -0.1) is 0 Å². The standard InChI is InChI=1S/C16H26N2O2/c1-11(2)13-5-7-14(8-6-13)20-10-9-15(16(17)19)18-12(3)4/h5-8,11-12,15,18H,9-10H2,1-4H3,(H2,17,19). The van der Waals surface area contributed by atoms with Crippen molar-refractivity contribution in [1.29, 1.82) is 0 Å². The zero-order chi connectivity index (χ0) is 15.1. The van der Waals surface area contributed by atoms with Gasteiger partial charge in [-0.05, 0) is 23.6 Å². The number of primary amides is 1. The lowest BCUT2D eigenvalue weighted by atomic mass is 10.0. The maximum absolute atomic E-state index is 11.3. The highest BCUT2D eigenvalue weighted by molar-refractivity contribution is 5.79. The van der Waals surface area contributed by atoms with Crippen molar-refractivity contribution in [3.8, 4) is 5.75 Å². The van der Waals surface area contributed by atoms with E-state index < -0.39 is 0 Å². The molecule has 0 aromatic heterocycles. The number of carbonyl (C=O) groups excluding carboxylic acids is 1. The summed E-state index contributed by atoms with van der Waals surface area (Å²) in [4.78, 5) is 11.3. The van der Waals surface area contributed by atoms with Gasteiger partial charge in [0.15, 0.2) is 0 Å². The zero-order valence-electron chi connectivity index (χ0n) is 12.8. The molecule has 0 spiro atoms. The van der Waals surface area contributed by atoms with E-state index in [-0.39, 0.29) is 18.0 Å². The second kappa shape index (κ2) is 7.90. The Bertz CT molecular complexity index is 413. The number of ether oxygens (including phenoxy) is 1. The molecule has 0 saturated heterocycles. The first-order chi connectivity index (χ1) is 9.40. The van der Waals surface area contributed by atoms with E-state index in [1.54, 1.807) is 0 Å². The summed E-state index contributed by atoms with van der Waals surface area (Å²) in [5.74, 6) is 0.998. The molecule has 0 bridgehead atoms. The highest BCUT2D eigenvalue weighted by Gasteiger charge is 2.15. The van der Waals surface area contributed by atoms with Crippen molar-refractivity contribution >= 4 is 5.91 Å². The molecule has 1 unspecified atom stereocenters. The van der Waals surface area contributed by atoms with Crippen LogP contribution in [0.4, 0.5) is 0 Å². The summed E-state index contributed by atoms with van der Waals surface area (Å²) in [6.45, 7) is 8.76. The fraction of sp³-hybridized carbons (Fsp3) is 0.562. The molecule has 0 radical (unpaired) electrons. The van der Waals surface area contributed by atoms with Crippen molar-refractivity contribution in [3.63, 3.8) is 0 Å². The first kappa shape index (κ1) is 16.5. The number of nitrogens with one attached hydrogen (secondary N) is 1. The van der Waals surface area contributed by atoms with Crippen LogP contribution in [0.3, 0.4) is 0 Å². The summed E-state index contributed by atoms with van der Waals surface area (Å²) in [5.41, 5.74) is 6.65. The number of nitrogens with two attached hydrogens (primary N) is 1. The average molecular weight is 278 g/mol. The molecule has 1 aromatic rings. The molecule has 112 valence electrons. The molecule has 0 aliphatic carbocycles. The molecule has 20 heavy (non-hydrogen) atoms. The molecule has 0 aliphatic heterocycles. The topological polar surface area (TPSA) is 64.3 Å². The van der Waals surface area contributed by atoms with Gasteiger partial charge in [0.2, 0.25) is 5.91 Å². The van der Waals surface area contributed by atoms with Crippen molar-refractivity contribution in [2.24, 2.45) is 5.73 Å². The highest BCUT2D eigenvalue weighted by Crippen LogP contribution is 2.18. The summed E-state index contributed by atoms with van der Waals surface area (Å²) in [6, 6.07) is 7.94. The predicted octanol–water partition coefficient (Wildman–Crippen LogP) is 2.43. The number of hydrogen-bond acceptors (Lipinski definition) is 3. The number of carbonyl (C=O) groups is 1. The molecule has 4 nitrogen and oxygen atoms in total. The quantitative estimate of drug-likeness (QED) is 0.767. The van der Waals surface area contributed by atoms with Crippen LogP contribution < -0.4 is 15.8 Å². The molecule has 0 heterocycles. The SMILES string of the molecule is CC(C)NC(CCOc1ccc(C(C)C)cc1)C(N)=O. The van der Waals surface area contributed by atoms with Crippen LogP contribution in [0.15, 0.2) is 24.3 Å². The van der Waals surface area contributed by atoms with Crippen LogP contribution in [0, 0.1) is 0 Å².